The second-order valence-corrected chi connectivity index (χ2v) is 7.32. The summed E-state index contributed by atoms with van der Waals surface area (Å²) in [7, 11) is 0. The van der Waals surface area contributed by atoms with Gasteiger partial charge >= 0.3 is 0 Å². The van der Waals surface area contributed by atoms with Gasteiger partial charge in [0.25, 0.3) is 5.56 Å². The van der Waals surface area contributed by atoms with Gasteiger partial charge in [-0.2, -0.15) is 10.2 Å². The maximum absolute atomic E-state index is 13.2. The first-order valence-electron chi connectivity index (χ1n) is 9.43. The zero-order chi connectivity index (χ0) is 19.8. The Balaban J connectivity index is 1.88. The molecule has 0 atom stereocenters. The number of aromatic nitrogens is 4. The average molecular weight is 377 g/mol. The van der Waals surface area contributed by atoms with Crippen molar-refractivity contribution in [3.63, 3.8) is 0 Å². The minimum atomic E-state index is -0.314. The third-order valence-corrected chi connectivity index (χ3v) is 4.99. The summed E-state index contributed by atoms with van der Waals surface area (Å²) in [5.41, 5.74) is 4.04. The number of carbonyl (C=O) groups is 1. The average Bonchev–Trinajstić information content (AvgIpc) is 3.41. The number of nitrogens with zero attached hydrogens (tertiary/aromatic N) is 4. The van der Waals surface area contributed by atoms with E-state index in [0.29, 0.717) is 18.0 Å². The predicted molar refractivity (Wildman–Crippen MR) is 108 cm³/mol. The summed E-state index contributed by atoms with van der Waals surface area (Å²) in [5.74, 6) is 0.0514. The van der Waals surface area contributed by atoms with Gasteiger partial charge in [0.1, 0.15) is 12.1 Å². The predicted octanol–water partition coefficient (Wildman–Crippen LogP) is 2.38. The smallest absolute Gasteiger partial charge is 0.293 e. The van der Waals surface area contributed by atoms with Crippen LogP contribution in [0.5, 0.6) is 0 Å². The van der Waals surface area contributed by atoms with Gasteiger partial charge in [0.05, 0.1) is 17.6 Å². The molecule has 1 aromatic carbocycles. The van der Waals surface area contributed by atoms with E-state index in [1.165, 1.54) is 4.68 Å². The van der Waals surface area contributed by atoms with Crippen LogP contribution in [0.1, 0.15) is 35.6 Å². The van der Waals surface area contributed by atoms with Crippen molar-refractivity contribution in [3.05, 3.63) is 64.2 Å². The van der Waals surface area contributed by atoms with E-state index in [0.717, 1.165) is 40.7 Å². The molecule has 1 saturated carbocycles. The van der Waals surface area contributed by atoms with E-state index < -0.39 is 0 Å². The fourth-order valence-corrected chi connectivity index (χ4v) is 3.46. The highest BCUT2D eigenvalue weighted by Gasteiger charge is 2.30. The molecule has 0 unspecified atom stereocenters. The van der Waals surface area contributed by atoms with Gasteiger partial charge < -0.3 is 5.32 Å². The highest BCUT2D eigenvalue weighted by atomic mass is 16.2. The van der Waals surface area contributed by atoms with Crippen molar-refractivity contribution in [3.8, 4) is 5.69 Å². The number of hydrogen-bond donors (Lipinski definition) is 1. The monoisotopic (exact) mass is 377 g/mol. The number of fused-ring (bicyclic) bond motifs is 1. The Morgan fingerprint density at radius 2 is 2.14 bits per heavy atom. The van der Waals surface area contributed by atoms with Gasteiger partial charge in [0.15, 0.2) is 0 Å². The fourth-order valence-electron chi connectivity index (χ4n) is 3.46. The van der Waals surface area contributed by atoms with E-state index in [1.807, 2.05) is 26.0 Å². The number of aryl methyl sites for hydroxylation is 2. The van der Waals surface area contributed by atoms with E-state index in [9.17, 15) is 9.59 Å². The quantitative estimate of drug-likeness (QED) is 0.669. The third-order valence-electron chi connectivity index (χ3n) is 4.99. The zero-order valence-electron chi connectivity index (χ0n) is 16.1. The first kappa shape index (κ1) is 18.2. The SMILES string of the molecule is C=CCNC(=O)Cn1nc(C2CC2)c2cnn(-c3ccc(C)cc3C)c2c1=O. The van der Waals surface area contributed by atoms with Crippen molar-refractivity contribution in [1.29, 1.82) is 0 Å². The molecule has 4 rings (SSSR count). The van der Waals surface area contributed by atoms with Gasteiger partial charge in [-0.15, -0.1) is 6.58 Å². The Morgan fingerprint density at radius 1 is 1.36 bits per heavy atom. The van der Waals surface area contributed by atoms with Gasteiger partial charge in [-0.3, -0.25) is 9.59 Å². The van der Waals surface area contributed by atoms with E-state index in [1.54, 1.807) is 17.0 Å². The summed E-state index contributed by atoms with van der Waals surface area (Å²) in [6, 6.07) is 6.03. The Labute approximate surface area is 162 Å². The topological polar surface area (TPSA) is 81.8 Å². The minimum Gasteiger partial charge on any atom is -0.351 e. The molecule has 1 aliphatic carbocycles. The molecule has 7 nitrogen and oxygen atoms in total. The van der Waals surface area contributed by atoms with Crippen LogP contribution in [-0.4, -0.2) is 32.0 Å². The van der Waals surface area contributed by atoms with Crippen LogP contribution in [0.3, 0.4) is 0 Å². The molecular formula is C21H23N5O2. The molecule has 144 valence electrons. The van der Waals surface area contributed by atoms with Crippen molar-refractivity contribution in [2.75, 3.05) is 6.54 Å². The minimum absolute atomic E-state index is 0.125. The Morgan fingerprint density at radius 3 is 2.82 bits per heavy atom. The number of rotatable bonds is 6. The fraction of sp³-hybridized carbons (Fsp3) is 0.333. The van der Waals surface area contributed by atoms with Crippen LogP contribution in [0.25, 0.3) is 16.6 Å². The molecule has 28 heavy (non-hydrogen) atoms. The van der Waals surface area contributed by atoms with E-state index in [2.05, 4.69) is 28.2 Å². The van der Waals surface area contributed by atoms with Crippen LogP contribution in [-0.2, 0) is 11.3 Å². The molecule has 7 heteroatoms. The van der Waals surface area contributed by atoms with Gasteiger partial charge in [-0.25, -0.2) is 9.36 Å². The molecule has 3 aromatic rings. The van der Waals surface area contributed by atoms with Crippen molar-refractivity contribution in [2.24, 2.45) is 0 Å². The molecule has 2 aromatic heterocycles. The van der Waals surface area contributed by atoms with Crippen LogP contribution >= 0.6 is 0 Å². The number of benzene rings is 1. The Hall–Kier alpha value is -3.22. The second kappa shape index (κ2) is 7.07. The summed E-state index contributed by atoms with van der Waals surface area (Å²) < 4.78 is 2.94. The van der Waals surface area contributed by atoms with Crippen LogP contribution in [0.15, 0.2) is 41.8 Å². The lowest BCUT2D eigenvalue weighted by Gasteiger charge is -2.11. The van der Waals surface area contributed by atoms with Crippen molar-refractivity contribution < 1.29 is 4.79 Å². The molecule has 0 spiro atoms. The summed E-state index contributed by atoms with van der Waals surface area (Å²) in [6.07, 6.45) is 5.40. The molecule has 0 aliphatic heterocycles. The number of hydrogen-bond acceptors (Lipinski definition) is 4. The lowest BCUT2D eigenvalue weighted by Crippen LogP contribution is -2.34. The van der Waals surface area contributed by atoms with Gasteiger partial charge in [-0.1, -0.05) is 23.8 Å². The summed E-state index contributed by atoms with van der Waals surface area (Å²) in [6.45, 7) is 7.84. The molecule has 0 radical (unpaired) electrons. The Kier molecular flexibility index (Phi) is 4.58. The van der Waals surface area contributed by atoms with Crippen molar-refractivity contribution >= 4 is 16.8 Å². The highest BCUT2D eigenvalue weighted by molar-refractivity contribution is 5.83. The normalized spacial score (nSPS) is 13.6. The van der Waals surface area contributed by atoms with Crippen LogP contribution < -0.4 is 10.9 Å². The maximum Gasteiger partial charge on any atom is 0.293 e. The van der Waals surface area contributed by atoms with Gasteiger partial charge in [0, 0.05) is 17.8 Å². The van der Waals surface area contributed by atoms with Crippen molar-refractivity contribution in [1.82, 2.24) is 24.9 Å². The first-order chi connectivity index (χ1) is 13.5. The van der Waals surface area contributed by atoms with Crippen LogP contribution in [0.2, 0.25) is 0 Å². The lowest BCUT2D eigenvalue weighted by molar-refractivity contribution is -0.121. The molecule has 0 bridgehead atoms. The van der Waals surface area contributed by atoms with E-state index in [4.69, 9.17) is 0 Å². The molecule has 2 heterocycles. The largest absolute Gasteiger partial charge is 0.351 e. The van der Waals surface area contributed by atoms with Crippen LogP contribution in [0, 0.1) is 13.8 Å². The van der Waals surface area contributed by atoms with Crippen LogP contribution in [0.4, 0.5) is 0 Å². The summed E-state index contributed by atoms with van der Waals surface area (Å²) >= 11 is 0. The third kappa shape index (κ3) is 3.24. The van der Waals surface area contributed by atoms with E-state index in [-0.39, 0.29) is 18.0 Å². The number of amides is 1. The lowest BCUT2D eigenvalue weighted by atomic mass is 10.1. The second-order valence-electron chi connectivity index (χ2n) is 7.32. The summed E-state index contributed by atoms with van der Waals surface area (Å²) in [5, 5.41) is 12.5. The Bertz CT molecular complexity index is 1140. The zero-order valence-corrected chi connectivity index (χ0v) is 16.1. The molecule has 1 amide bonds. The standard InChI is InChI=1S/C21H23N5O2/c1-4-9-22-18(27)12-25-21(28)20-16(19(24-25)15-6-7-15)11-23-26(20)17-8-5-13(2)10-14(17)3/h4-5,8,10-11,15H,1,6-7,9,12H2,2-3H3,(H,22,27). The highest BCUT2D eigenvalue weighted by Crippen LogP contribution is 2.41. The van der Waals surface area contributed by atoms with E-state index >= 15 is 0 Å². The van der Waals surface area contributed by atoms with Gasteiger partial charge in [-0.05, 0) is 38.3 Å². The number of nitrogens with one attached hydrogen (secondary N) is 1. The maximum atomic E-state index is 13.2. The molecular weight excluding hydrogens is 354 g/mol. The number of carbonyl (C=O) groups excluding carboxylic acids is 1. The molecule has 0 saturated heterocycles. The molecule has 1 N–H and O–H groups in total. The molecule has 1 fully saturated rings. The summed E-state index contributed by atoms with van der Waals surface area (Å²) in [4.78, 5) is 25.4. The van der Waals surface area contributed by atoms with Gasteiger partial charge in [0.2, 0.25) is 5.91 Å². The van der Waals surface area contributed by atoms with Crippen molar-refractivity contribution in [2.45, 2.75) is 39.2 Å². The molecule has 1 aliphatic rings. The first-order valence-corrected chi connectivity index (χ1v) is 9.43.